The van der Waals surface area contributed by atoms with Gasteiger partial charge in [-0.25, -0.2) is 8.42 Å². The molecule has 0 saturated carbocycles. The second-order valence-corrected chi connectivity index (χ2v) is 8.53. The molecular formula is C21H26N2O6S. The Morgan fingerprint density at radius 1 is 1.07 bits per heavy atom. The van der Waals surface area contributed by atoms with Gasteiger partial charge in [-0.05, 0) is 24.1 Å². The van der Waals surface area contributed by atoms with Gasteiger partial charge in [0.15, 0.2) is 11.5 Å². The van der Waals surface area contributed by atoms with E-state index < -0.39 is 16.1 Å². The van der Waals surface area contributed by atoms with Crippen LogP contribution >= 0.6 is 0 Å². The van der Waals surface area contributed by atoms with Crippen molar-refractivity contribution in [1.29, 1.82) is 0 Å². The number of nitrogens with zero attached hydrogens (tertiary/aromatic N) is 1. The maximum Gasteiger partial charge on any atom is 0.241 e. The Labute approximate surface area is 176 Å². The maximum absolute atomic E-state index is 13.1. The Hall–Kier alpha value is -2.62. The van der Waals surface area contributed by atoms with Gasteiger partial charge in [0.1, 0.15) is 6.04 Å². The Balaban J connectivity index is 1.88. The van der Waals surface area contributed by atoms with Crippen LogP contribution in [0.1, 0.15) is 5.56 Å². The summed E-state index contributed by atoms with van der Waals surface area (Å²) in [6.45, 7) is 1.74. The van der Waals surface area contributed by atoms with Gasteiger partial charge in [0.05, 0.1) is 32.3 Å². The summed E-state index contributed by atoms with van der Waals surface area (Å²) in [5.41, 5.74) is 0.860. The van der Waals surface area contributed by atoms with Crippen molar-refractivity contribution in [2.75, 3.05) is 40.5 Å². The van der Waals surface area contributed by atoms with Gasteiger partial charge >= 0.3 is 0 Å². The van der Waals surface area contributed by atoms with Crippen molar-refractivity contribution in [3.63, 3.8) is 0 Å². The first-order valence-electron chi connectivity index (χ1n) is 9.59. The van der Waals surface area contributed by atoms with E-state index in [9.17, 15) is 13.2 Å². The summed E-state index contributed by atoms with van der Waals surface area (Å²) in [4.78, 5) is 14.8. The van der Waals surface area contributed by atoms with E-state index in [0.29, 0.717) is 37.8 Å². The Morgan fingerprint density at radius 2 is 1.73 bits per heavy atom. The molecule has 0 bridgehead atoms. The second-order valence-electron chi connectivity index (χ2n) is 6.82. The van der Waals surface area contributed by atoms with Crippen LogP contribution in [-0.4, -0.2) is 65.8 Å². The van der Waals surface area contributed by atoms with Gasteiger partial charge in [-0.2, -0.15) is 4.72 Å². The Kier molecular flexibility index (Phi) is 7.30. The number of morpholine rings is 1. The van der Waals surface area contributed by atoms with Crippen molar-refractivity contribution >= 4 is 15.9 Å². The van der Waals surface area contributed by atoms with Crippen LogP contribution in [0.2, 0.25) is 0 Å². The molecule has 3 rings (SSSR count). The Bertz CT molecular complexity index is 959. The number of ether oxygens (including phenoxy) is 3. The predicted molar refractivity (Wildman–Crippen MR) is 111 cm³/mol. The summed E-state index contributed by atoms with van der Waals surface area (Å²) in [6.07, 6.45) is 0.240. The average molecular weight is 435 g/mol. The van der Waals surface area contributed by atoms with Crippen LogP contribution in [0.25, 0.3) is 0 Å². The van der Waals surface area contributed by atoms with Crippen molar-refractivity contribution in [3.05, 3.63) is 54.1 Å². The highest BCUT2D eigenvalue weighted by atomic mass is 32.2. The average Bonchev–Trinajstić information content (AvgIpc) is 2.78. The van der Waals surface area contributed by atoms with E-state index in [1.165, 1.54) is 32.4 Å². The molecule has 1 heterocycles. The van der Waals surface area contributed by atoms with Crippen LogP contribution in [0.4, 0.5) is 0 Å². The summed E-state index contributed by atoms with van der Waals surface area (Å²) >= 11 is 0. The largest absolute Gasteiger partial charge is 0.493 e. The molecular weight excluding hydrogens is 408 g/mol. The van der Waals surface area contributed by atoms with Crippen LogP contribution in [0.15, 0.2) is 53.4 Å². The van der Waals surface area contributed by atoms with Gasteiger partial charge in [-0.3, -0.25) is 4.79 Å². The number of sulfonamides is 1. The van der Waals surface area contributed by atoms with Gasteiger partial charge in [0.2, 0.25) is 15.9 Å². The number of hydrogen-bond donors (Lipinski definition) is 1. The molecule has 1 aliphatic heterocycles. The molecule has 0 spiro atoms. The SMILES string of the molecule is COc1ccc(S(=O)(=O)N[C@@H](Cc2ccccc2)C(=O)N2CCOCC2)cc1OC. The first-order chi connectivity index (χ1) is 14.4. The highest BCUT2D eigenvalue weighted by Gasteiger charge is 2.30. The van der Waals surface area contributed by atoms with Crippen LogP contribution < -0.4 is 14.2 Å². The summed E-state index contributed by atoms with van der Waals surface area (Å²) in [6, 6.07) is 12.7. The van der Waals surface area contributed by atoms with E-state index >= 15 is 0 Å². The third kappa shape index (κ3) is 5.29. The third-order valence-electron chi connectivity index (χ3n) is 4.87. The van der Waals surface area contributed by atoms with Crippen LogP contribution in [0.3, 0.4) is 0 Å². The van der Waals surface area contributed by atoms with Gasteiger partial charge in [-0.15, -0.1) is 0 Å². The maximum atomic E-state index is 13.1. The van der Waals surface area contributed by atoms with E-state index in [1.54, 1.807) is 4.90 Å². The van der Waals surface area contributed by atoms with E-state index in [-0.39, 0.29) is 17.2 Å². The molecule has 0 radical (unpaired) electrons. The summed E-state index contributed by atoms with van der Waals surface area (Å²) < 4.78 is 44.4. The molecule has 0 unspecified atom stereocenters. The standard InChI is InChI=1S/C21H26N2O6S/c1-27-19-9-8-17(15-20(19)28-2)30(25,26)22-18(14-16-6-4-3-5-7-16)21(24)23-10-12-29-13-11-23/h3-9,15,18,22H,10-14H2,1-2H3/t18-/m0/s1. The molecule has 1 aliphatic rings. The van der Waals surface area contributed by atoms with Gasteiger partial charge in [-0.1, -0.05) is 30.3 Å². The fourth-order valence-corrected chi connectivity index (χ4v) is 4.48. The minimum Gasteiger partial charge on any atom is -0.493 e. The van der Waals surface area contributed by atoms with Gasteiger partial charge in [0, 0.05) is 19.2 Å². The lowest BCUT2D eigenvalue weighted by Gasteiger charge is -2.30. The number of amides is 1. The zero-order valence-electron chi connectivity index (χ0n) is 17.0. The molecule has 0 aliphatic carbocycles. The van der Waals surface area contributed by atoms with Crippen molar-refractivity contribution in [2.45, 2.75) is 17.4 Å². The highest BCUT2D eigenvalue weighted by molar-refractivity contribution is 7.89. The number of rotatable bonds is 8. The summed E-state index contributed by atoms with van der Waals surface area (Å²) in [5.74, 6) is 0.437. The minimum absolute atomic E-state index is 0.00649. The third-order valence-corrected chi connectivity index (χ3v) is 6.34. The number of hydrogen-bond acceptors (Lipinski definition) is 6. The molecule has 1 amide bonds. The van der Waals surface area contributed by atoms with Crippen molar-refractivity contribution in [1.82, 2.24) is 9.62 Å². The monoisotopic (exact) mass is 434 g/mol. The van der Waals surface area contributed by atoms with E-state index in [0.717, 1.165) is 5.56 Å². The smallest absolute Gasteiger partial charge is 0.241 e. The number of carbonyl (C=O) groups is 1. The zero-order valence-corrected chi connectivity index (χ0v) is 17.9. The molecule has 0 aromatic heterocycles. The van der Waals surface area contributed by atoms with Gasteiger partial charge < -0.3 is 19.1 Å². The first-order valence-corrected chi connectivity index (χ1v) is 11.1. The lowest BCUT2D eigenvalue weighted by molar-refractivity contribution is -0.137. The van der Waals surface area contributed by atoms with Crippen LogP contribution in [0, 0.1) is 0 Å². The minimum atomic E-state index is -3.99. The lowest BCUT2D eigenvalue weighted by Crippen LogP contribution is -2.52. The molecule has 30 heavy (non-hydrogen) atoms. The van der Waals surface area contributed by atoms with Crippen LogP contribution in [-0.2, 0) is 26.0 Å². The van der Waals surface area contributed by atoms with Crippen molar-refractivity contribution in [2.24, 2.45) is 0 Å². The molecule has 162 valence electrons. The molecule has 8 nitrogen and oxygen atoms in total. The topological polar surface area (TPSA) is 94.2 Å². The lowest BCUT2D eigenvalue weighted by atomic mass is 10.1. The van der Waals surface area contributed by atoms with E-state index in [4.69, 9.17) is 14.2 Å². The van der Waals surface area contributed by atoms with Crippen molar-refractivity contribution < 1.29 is 27.4 Å². The number of carbonyl (C=O) groups excluding carboxylic acids is 1. The summed E-state index contributed by atoms with van der Waals surface area (Å²) in [5, 5.41) is 0. The molecule has 1 atom stereocenters. The van der Waals surface area contributed by atoms with Crippen LogP contribution in [0.5, 0.6) is 11.5 Å². The summed E-state index contributed by atoms with van der Waals surface area (Å²) in [7, 11) is -1.08. The van der Waals surface area contributed by atoms with E-state index in [2.05, 4.69) is 4.72 Å². The molecule has 1 saturated heterocycles. The molecule has 2 aromatic carbocycles. The zero-order chi connectivity index (χ0) is 21.6. The molecule has 1 fully saturated rings. The quantitative estimate of drug-likeness (QED) is 0.676. The molecule has 9 heteroatoms. The fourth-order valence-electron chi connectivity index (χ4n) is 3.27. The Morgan fingerprint density at radius 3 is 2.37 bits per heavy atom. The van der Waals surface area contributed by atoms with Crippen molar-refractivity contribution in [3.8, 4) is 11.5 Å². The van der Waals surface area contributed by atoms with Gasteiger partial charge in [0.25, 0.3) is 0 Å². The van der Waals surface area contributed by atoms with E-state index in [1.807, 2.05) is 30.3 Å². The number of nitrogens with one attached hydrogen (secondary N) is 1. The first kappa shape index (κ1) is 22.1. The number of benzene rings is 2. The second kappa shape index (κ2) is 9.92. The fraction of sp³-hybridized carbons (Fsp3) is 0.381. The molecule has 1 N–H and O–H groups in total. The molecule has 2 aromatic rings. The predicted octanol–water partition coefficient (Wildman–Crippen LogP) is 1.45. The normalized spacial score (nSPS) is 15.5. The number of methoxy groups -OCH3 is 2. The highest BCUT2D eigenvalue weighted by Crippen LogP contribution is 2.29.